The zero-order valence-electron chi connectivity index (χ0n) is 9.62. The van der Waals surface area contributed by atoms with E-state index in [0.29, 0.717) is 6.42 Å². The van der Waals surface area contributed by atoms with Crippen LogP contribution in [0.5, 0.6) is 0 Å². The third-order valence-corrected chi connectivity index (χ3v) is 3.23. The number of hydrogen-bond donors (Lipinski definition) is 1. The van der Waals surface area contributed by atoms with Gasteiger partial charge in [-0.2, -0.15) is 0 Å². The van der Waals surface area contributed by atoms with E-state index in [1.807, 2.05) is 12.2 Å². The molecule has 0 aliphatic heterocycles. The van der Waals surface area contributed by atoms with Crippen LogP contribution < -0.4 is 0 Å². The molecule has 0 radical (unpaired) electrons. The molecular weight excluding hydrogens is 188 g/mol. The third kappa shape index (κ3) is 2.95. The minimum absolute atomic E-state index is 0.630. The van der Waals surface area contributed by atoms with Gasteiger partial charge in [0.2, 0.25) is 0 Å². The molecule has 84 valence electrons. The molecule has 1 aliphatic carbocycles. The van der Waals surface area contributed by atoms with E-state index in [1.165, 1.54) is 5.57 Å². The number of carboxylic acid groups (broad SMARTS) is 1. The van der Waals surface area contributed by atoms with Gasteiger partial charge in [-0.1, -0.05) is 30.7 Å². The van der Waals surface area contributed by atoms with Crippen LogP contribution in [0.1, 0.15) is 46.0 Å². The van der Waals surface area contributed by atoms with Gasteiger partial charge in [-0.15, -0.1) is 0 Å². The summed E-state index contributed by atoms with van der Waals surface area (Å²) in [6.45, 7) is 4.15. The topological polar surface area (TPSA) is 37.3 Å². The molecule has 0 aromatic heterocycles. The molecule has 0 bridgehead atoms. The number of carbonyl (C=O) groups is 1. The summed E-state index contributed by atoms with van der Waals surface area (Å²) < 4.78 is 0. The first-order valence-electron chi connectivity index (χ1n) is 5.67. The second-order valence-corrected chi connectivity index (χ2v) is 4.36. The molecular formula is C13H20O2. The highest BCUT2D eigenvalue weighted by Crippen LogP contribution is 2.35. The van der Waals surface area contributed by atoms with Gasteiger partial charge in [-0.3, -0.25) is 4.79 Å². The SMILES string of the molecule is CCC(C)=CC[C@]1(C(=O)O)C=CCCC1. The van der Waals surface area contributed by atoms with Gasteiger partial charge >= 0.3 is 5.97 Å². The number of rotatable bonds is 4. The van der Waals surface area contributed by atoms with Crippen molar-refractivity contribution in [2.75, 3.05) is 0 Å². The van der Waals surface area contributed by atoms with Crippen LogP contribution in [0, 0.1) is 5.41 Å². The van der Waals surface area contributed by atoms with Crippen LogP contribution in [0.3, 0.4) is 0 Å². The van der Waals surface area contributed by atoms with Crippen molar-refractivity contribution < 1.29 is 9.90 Å². The average Bonchev–Trinajstić information content (AvgIpc) is 2.27. The van der Waals surface area contributed by atoms with Crippen LogP contribution in [-0.2, 0) is 4.79 Å². The Hall–Kier alpha value is -1.05. The van der Waals surface area contributed by atoms with Gasteiger partial charge in [0, 0.05) is 0 Å². The maximum atomic E-state index is 11.3. The Kier molecular flexibility index (Phi) is 4.13. The van der Waals surface area contributed by atoms with Crippen LogP contribution in [0.2, 0.25) is 0 Å². The van der Waals surface area contributed by atoms with Gasteiger partial charge in [0.1, 0.15) is 0 Å². The van der Waals surface area contributed by atoms with E-state index in [-0.39, 0.29) is 0 Å². The molecule has 0 amide bonds. The molecule has 0 fully saturated rings. The van der Waals surface area contributed by atoms with Crippen LogP contribution in [0.25, 0.3) is 0 Å². The second-order valence-electron chi connectivity index (χ2n) is 4.36. The fourth-order valence-corrected chi connectivity index (χ4v) is 1.86. The number of hydrogen-bond acceptors (Lipinski definition) is 1. The standard InChI is InChI=1S/C13H20O2/c1-3-11(2)7-10-13(12(14)15)8-5-4-6-9-13/h5,7-8H,3-4,6,9-10H2,1-2H3,(H,14,15)/t13-/m0/s1. The Labute approximate surface area is 91.7 Å². The van der Waals surface area contributed by atoms with E-state index in [9.17, 15) is 9.90 Å². The van der Waals surface area contributed by atoms with E-state index in [1.54, 1.807) is 0 Å². The monoisotopic (exact) mass is 208 g/mol. The number of carboxylic acids is 1. The zero-order chi connectivity index (χ0) is 11.3. The van der Waals surface area contributed by atoms with Crippen molar-refractivity contribution in [3.05, 3.63) is 23.8 Å². The van der Waals surface area contributed by atoms with Gasteiger partial charge in [0.25, 0.3) is 0 Å². The van der Waals surface area contributed by atoms with E-state index in [4.69, 9.17) is 0 Å². The summed E-state index contributed by atoms with van der Waals surface area (Å²) in [6, 6.07) is 0. The average molecular weight is 208 g/mol. The van der Waals surface area contributed by atoms with Gasteiger partial charge in [0.05, 0.1) is 5.41 Å². The molecule has 15 heavy (non-hydrogen) atoms. The molecule has 2 heteroatoms. The molecule has 0 aromatic rings. The van der Waals surface area contributed by atoms with Gasteiger partial charge in [-0.25, -0.2) is 0 Å². The molecule has 0 saturated carbocycles. The van der Waals surface area contributed by atoms with E-state index in [0.717, 1.165) is 25.7 Å². The molecule has 0 aromatic carbocycles. The first-order chi connectivity index (χ1) is 7.10. The predicted molar refractivity (Wildman–Crippen MR) is 61.7 cm³/mol. The summed E-state index contributed by atoms with van der Waals surface area (Å²) >= 11 is 0. The van der Waals surface area contributed by atoms with Crippen molar-refractivity contribution in [2.24, 2.45) is 5.41 Å². The van der Waals surface area contributed by atoms with Crippen LogP contribution in [0.15, 0.2) is 23.8 Å². The zero-order valence-corrected chi connectivity index (χ0v) is 9.62. The molecule has 0 unspecified atom stereocenters. The minimum atomic E-state index is -0.682. The van der Waals surface area contributed by atoms with Crippen LogP contribution in [-0.4, -0.2) is 11.1 Å². The van der Waals surface area contributed by atoms with E-state index < -0.39 is 11.4 Å². The Morgan fingerprint density at radius 3 is 2.80 bits per heavy atom. The summed E-state index contributed by atoms with van der Waals surface area (Å²) in [5.74, 6) is -0.682. The lowest BCUT2D eigenvalue weighted by Crippen LogP contribution is -2.29. The maximum absolute atomic E-state index is 11.3. The first-order valence-corrected chi connectivity index (χ1v) is 5.67. The third-order valence-electron chi connectivity index (χ3n) is 3.23. The Morgan fingerprint density at radius 2 is 2.33 bits per heavy atom. The molecule has 1 rings (SSSR count). The second kappa shape index (κ2) is 5.15. The summed E-state index contributed by atoms with van der Waals surface area (Å²) in [4.78, 5) is 11.3. The Bertz CT molecular complexity index is 289. The lowest BCUT2D eigenvalue weighted by atomic mass is 9.76. The molecule has 1 aliphatic rings. The molecule has 0 saturated heterocycles. The van der Waals surface area contributed by atoms with E-state index >= 15 is 0 Å². The van der Waals surface area contributed by atoms with Gasteiger partial charge in [-0.05, 0) is 39.0 Å². The number of aliphatic carboxylic acids is 1. The van der Waals surface area contributed by atoms with Crippen molar-refractivity contribution in [1.82, 2.24) is 0 Å². The van der Waals surface area contributed by atoms with Crippen LogP contribution >= 0.6 is 0 Å². The van der Waals surface area contributed by atoms with Crippen molar-refractivity contribution in [3.8, 4) is 0 Å². The lowest BCUT2D eigenvalue weighted by molar-refractivity contribution is -0.146. The van der Waals surface area contributed by atoms with Crippen molar-refractivity contribution >= 4 is 5.97 Å². The highest BCUT2D eigenvalue weighted by Gasteiger charge is 2.35. The molecule has 0 spiro atoms. The quantitative estimate of drug-likeness (QED) is 0.717. The summed E-state index contributed by atoms with van der Waals surface area (Å²) in [7, 11) is 0. The van der Waals surface area contributed by atoms with Crippen molar-refractivity contribution in [3.63, 3.8) is 0 Å². The highest BCUT2D eigenvalue weighted by atomic mass is 16.4. The smallest absolute Gasteiger partial charge is 0.313 e. The summed E-state index contributed by atoms with van der Waals surface area (Å²) in [5, 5.41) is 9.29. The fraction of sp³-hybridized carbons (Fsp3) is 0.615. The Morgan fingerprint density at radius 1 is 1.60 bits per heavy atom. The number of allylic oxidation sites excluding steroid dienone is 3. The maximum Gasteiger partial charge on any atom is 0.313 e. The Balaban J connectivity index is 2.79. The molecule has 2 nitrogen and oxygen atoms in total. The minimum Gasteiger partial charge on any atom is -0.481 e. The van der Waals surface area contributed by atoms with Gasteiger partial charge in [0.15, 0.2) is 0 Å². The lowest BCUT2D eigenvalue weighted by Gasteiger charge is -2.27. The fourth-order valence-electron chi connectivity index (χ4n) is 1.86. The largest absolute Gasteiger partial charge is 0.481 e. The normalized spacial score (nSPS) is 26.7. The molecule has 0 heterocycles. The first kappa shape index (κ1) is 12.0. The van der Waals surface area contributed by atoms with Crippen molar-refractivity contribution in [1.29, 1.82) is 0 Å². The summed E-state index contributed by atoms with van der Waals surface area (Å²) in [6.07, 6.45) is 10.4. The van der Waals surface area contributed by atoms with Crippen molar-refractivity contribution in [2.45, 2.75) is 46.0 Å². The van der Waals surface area contributed by atoms with E-state index in [2.05, 4.69) is 19.9 Å². The highest BCUT2D eigenvalue weighted by molar-refractivity contribution is 5.77. The summed E-state index contributed by atoms with van der Waals surface area (Å²) in [5.41, 5.74) is 0.642. The molecule has 1 N–H and O–H groups in total. The predicted octanol–water partition coefficient (Wildman–Crippen LogP) is 3.54. The molecule has 1 atom stereocenters. The van der Waals surface area contributed by atoms with Gasteiger partial charge < -0.3 is 5.11 Å². The van der Waals surface area contributed by atoms with Crippen LogP contribution in [0.4, 0.5) is 0 Å².